The molecule has 0 amide bonds. The Bertz CT molecular complexity index is 846. The fraction of sp³-hybridized carbons (Fsp3) is 0.200. The van der Waals surface area contributed by atoms with Crippen LogP contribution in [0.25, 0.3) is 11.5 Å². The van der Waals surface area contributed by atoms with Gasteiger partial charge in [0.1, 0.15) is 18.1 Å². The maximum atomic E-state index is 12.2. The lowest BCUT2D eigenvalue weighted by molar-refractivity contribution is 0.0466. The largest absolute Gasteiger partial charge is 0.455 e. The number of esters is 1. The standard InChI is InChI=1S/C20H19NO3/c1-13-9-14(2)11-17(10-13)20(22)23-12-18-15(3)24-19(21-18)16-7-5-4-6-8-16/h4-11H,12H2,1-3H3. The average Bonchev–Trinajstić information content (AvgIpc) is 2.93. The molecule has 0 fully saturated rings. The second kappa shape index (κ2) is 6.71. The van der Waals surface area contributed by atoms with Crippen molar-refractivity contribution >= 4 is 5.97 Å². The molecular formula is C20H19NO3. The topological polar surface area (TPSA) is 52.3 Å². The number of hydrogen-bond acceptors (Lipinski definition) is 4. The Kier molecular flexibility index (Phi) is 4.47. The van der Waals surface area contributed by atoms with E-state index >= 15 is 0 Å². The highest BCUT2D eigenvalue weighted by Gasteiger charge is 2.14. The van der Waals surface area contributed by atoms with Gasteiger partial charge in [-0.05, 0) is 45.0 Å². The number of aromatic nitrogens is 1. The summed E-state index contributed by atoms with van der Waals surface area (Å²) in [6, 6.07) is 15.3. The van der Waals surface area contributed by atoms with Crippen molar-refractivity contribution < 1.29 is 13.9 Å². The van der Waals surface area contributed by atoms with Crippen molar-refractivity contribution in [2.24, 2.45) is 0 Å². The zero-order valence-corrected chi connectivity index (χ0v) is 14.0. The molecule has 0 saturated heterocycles. The van der Waals surface area contributed by atoms with Gasteiger partial charge < -0.3 is 9.15 Å². The van der Waals surface area contributed by atoms with Crippen LogP contribution < -0.4 is 0 Å². The molecule has 0 unspecified atom stereocenters. The first-order chi connectivity index (χ1) is 11.5. The van der Waals surface area contributed by atoms with Crippen LogP contribution in [0.4, 0.5) is 0 Å². The van der Waals surface area contributed by atoms with Gasteiger partial charge in [0, 0.05) is 5.56 Å². The van der Waals surface area contributed by atoms with E-state index in [1.807, 2.05) is 69.3 Å². The SMILES string of the molecule is Cc1cc(C)cc(C(=O)OCc2nc(-c3ccccc3)oc2C)c1. The molecule has 2 aromatic carbocycles. The molecule has 1 aromatic heterocycles. The summed E-state index contributed by atoms with van der Waals surface area (Å²) < 4.78 is 11.1. The van der Waals surface area contributed by atoms with Gasteiger partial charge in [0.25, 0.3) is 0 Å². The molecular weight excluding hydrogens is 302 g/mol. The van der Waals surface area contributed by atoms with Gasteiger partial charge in [0.05, 0.1) is 5.56 Å². The maximum absolute atomic E-state index is 12.2. The van der Waals surface area contributed by atoms with Crippen LogP contribution in [0.5, 0.6) is 0 Å². The number of hydrogen-bond donors (Lipinski definition) is 0. The Morgan fingerprint density at radius 3 is 2.38 bits per heavy atom. The van der Waals surface area contributed by atoms with Gasteiger partial charge in [0.2, 0.25) is 5.89 Å². The first-order valence-electron chi connectivity index (χ1n) is 7.80. The maximum Gasteiger partial charge on any atom is 0.338 e. The molecule has 4 heteroatoms. The Morgan fingerprint density at radius 2 is 1.71 bits per heavy atom. The summed E-state index contributed by atoms with van der Waals surface area (Å²) in [7, 11) is 0. The molecule has 0 atom stereocenters. The summed E-state index contributed by atoms with van der Waals surface area (Å²) in [6.07, 6.45) is 0. The molecule has 0 aliphatic carbocycles. The monoisotopic (exact) mass is 321 g/mol. The van der Waals surface area contributed by atoms with Crippen LogP contribution in [0.3, 0.4) is 0 Å². The molecule has 0 aliphatic heterocycles. The number of oxazole rings is 1. The predicted octanol–water partition coefficient (Wildman–Crippen LogP) is 4.62. The van der Waals surface area contributed by atoms with Crippen LogP contribution >= 0.6 is 0 Å². The number of ether oxygens (including phenoxy) is 1. The molecule has 0 bridgehead atoms. The molecule has 0 radical (unpaired) electrons. The van der Waals surface area contributed by atoms with Gasteiger partial charge in [0.15, 0.2) is 0 Å². The highest BCUT2D eigenvalue weighted by atomic mass is 16.5. The summed E-state index contributed by atoms with van der Waals surface area (Å²) in [4.78, 5) is 16.7. The summed E-state index contributed by atoms with van der Waals surface area (Å²) >= 11 is 0. The normalized spacial score (nSPS) is 10.6. The van der Waals surface area contributed by atoms with Crippen LogP contribution in [0.15, 0.2) is 52.9 Å². The number of rotatable bonds is 4. The van der Waals surface area contributed by atoms with E-state index in [1.165, 1.54) is 0 Å². The van der Waals surface area contributed by atoms with Crippen molar-refractivity contribution in [3.8, 4) is 11.5 Å². The molecule has 122 valence electrons. The quantitative estimate of drug-likeness (QED) is 0.658. The van der Waals surface area contributed by atoms with E-state index in [0.29, 0.717) is 22.9 Å². The van der Waals surface area contributed by atoms with Gasteiger partial charge in [-0.25, -0.2) is 9.78 Å². The first-order valence-corrected chi connectivity index (χ1v) is 7.80. The smallest absolute Gasteiger partial charge is 0.338 e. The van der Waals surface area contributed by atoms with Gasteiger partial charge in [-0.1, -0.05) is 35.4 Å². The molecule has 0 spiro atoms. The third-order valence-electron chi connectivity index (χ3n) is 3.71. The number of carbonyl (C=O) groups excluding carboxylic acids is 1. The van der Waals surface area contributed by atoms with Crippen molar-refractivity contribution in [3.05, 3.63) is 76.7 Å². The summed E-state index contributed by atoms with van der Waals surface area (Å²) in [5, 5.41) is 0. The number of nitrogens with zero attached hydrogens (tertiary/aromatic N) is 1. The number of aryl methyl sites for hydroxylation is 3. The summed E-state index contributed by atoms with van der Waals surface area (Å²) in [6.45, 7) is 5.82. The molecule has 24 heavy (non-hydrogen) atoms. The van der Waals surface area contributed by atoms with Gasteiger partial charge in [-0.2, -0.15) is 0 Å². The lowest BCUT2D eigenvalue weighted by atomic mass is 10.1. The molecule has 3 rings (SSSR count). The number of benzene rings is 2. The lowest BCUT2D eigenvalue weighted by Crippen LogP contribution is -2.06. The van der Waals surface area contributed by atoms with Gasteiger partial charge >= 0.3 is 5.97 Å². The molecule has 0 saturated carbocycles. The fourth-order valence-electron chi connectivity index (χ4n) is 2.58. The second-order valence-corrected chi connectivity index (χ2v) is 5.84. The molecule has 3 aromatic rings. The van der Waals surface area contributed by atoms with Crippen molar-refractivity contribution in [3.63, 3.8) is 0 Å². The minimum atomic E-state index is -0.356. The minimum absolute atomic E-state index is 0.0913. The average molecular weight is 321 g/mol. The van der Waals surface area contributed by atoms with Crippen LogP contribution in [0.2, 0.25) is 0 Å². The Balaban J connectivity index is 1.73. The third-order valence-corrected chi connectivity index (χ3v) is 3.71. The predicted molar refractivity (Wildman–Crippen MR) is 91.7 cm³/mol. The second-order valence-electron chi connectivity index (χ2n) is 5.84. The molecule has 1 heterocycles. The first kappa shape index (κ1) is 16.0. The van der Waals surface area contributed by atoms with Crippen molar-refractivity contribution in [1.29, 1.82) is 0 Å². The van der Waals surface area contributed by atoms with E-state index in [0.717, 1.165) is 16.7 Å². The van der Waals surface area contributed by atoms with Crippen LogP contribution in [-0.2, 0) is 11.3 Å². The number of carbonyl (C=O) groups is 1. The van der Waals surface area contributed by atoms with Crippen molar-refractivity contribution in [2.45, 2.75) is 27.4 Å². The minimum Gasteiger partial charge on any atom is -0.455 e. The van der Waals surface area contributed by atoms with E-state index in [1.54, 1.807) is 0 Å². The van der Waals surface area contributed by atoms with E-state index in [9.17, 15) is 4.79 Å². The highest BCUT2D eigenvalue weighted by molar-refractivity contribution is 5.89. The van der Waals surface area contributed by atoms with Gasteiger partial charge in [-0.3, -0.25) is 0 Å². The van der Waals surface area contributed by atoms with E-state index < -0.39 is 0 Å². The van der Waals surface area contributed by atoms with Crippen molar-refractivity contribution in [1.82, 2.24) is 4.98 Å². The lowest BCUT2D eigenvalue weighted by Gasteiger charge is -2.05. The van der Waals surface area contributed by atoms with E-state index in [-0.39, 0.29) is 12.6 Å². The third kappa shape index (κ3) is 3.54. The zero-order valence-electron chi connectivity index (χ0n) is 14.0. The van der Waals surface area contributed by atoms with Crippen molar-refractivity contribution in [2.75, 3.05) is 0 Å². The zero-order chi connectivity index (χ0) is 17.1. The van der Waals surface area contributed by atoms with Gasteiger partial charge in [-0.15, -0.1) is 0 Å². The Labute approximate surface area is 141 Å². The van der Waals surface area contributed by atoms with Crippen LogP contribution in [0.1, 0.15) is 32.9 Å². The fourth-order valence-corrected chi connectivity index (χ4v) is 2.58. The highest BCUT2D eigenvalue weighted by Crippen LogP contribution is 2.22. The summed E-state index contributed by atoms with van der Waals surface area (Å²) in [5.74, 6) is 0.832. The molecule has 0 aliphatic rings. The van der Waals surface area contributed by atoms with E-state index in [4.69, 9.17) is 9.15 Å². The Morgan fingerprint density at radius 1 is 1.04 bits per heavy atom. The molecule has 0 N–H and O–H groups in total. The van der Waals surface area contributed by atoms with E-state index in [2.05, 4.69) is 4.98 Å². The summed E-state index contributed by atoms with van der Waals surface area (Å²) in [5.41, 5.74) is 4.15. The van der Waals surface area contributed by atoms with Crippen LogP contribution in [-0.4, -0.2) is 11.0 Å². The molecule has 4 nitrogen and oxygen atoms in total. The Hall–Kier alpha value is -2.88. The van der Waals surface area contributed by atoms with Crippen LogP contribution in [0, 0.1) is 20.8 Å².